The average molecular weight is 442 g/mol. The number of carbonyl (C=O) groups excluding carboxylic acids is 2. The Balaban J connectivity index is 2.02. The lowest BCUT2D eigenvalue weighted by atomic mass is 10.0. The molecule has 29 heavy (non-hydrogen) atoms. The fourth-order valence-corrected chi connectivity index (χ4v) is 3.01. The molecule has 10 heteroatoms. The number of aromatic hydroxyl groups is 1. The SMILES string of the molecule is COc1ccnc(C(=O)NC(C)C(=O)OC(C)C(C)c2ncc(Cl)cc2Cl)c1O. The number of halogens is 2. The van der Waals surface area contributed by atoms with Crippen LogP contribution in [0, 0.1) is 0 Å². The minimum atomic E-state index is -0.988. The summed E-state index contributed by atoms with van der Waals surface area (Å²) in [6, 6.07) is 1.98. The molecule has 0 radical (unpaired) electrons. The van der Waals surface area contributed by atoms with E-state index in [-0.39, 0.29) is 17.4 Å². The Morgan fingerprint density at radius 3 is 2.52 bits per heavy atom. The summed E-state index contributed by atoms with van der Waals surface area (Å²) in [5, 5.41) is 13.2. The van der Waals surface area contributed by atoms with Crippen LogP contribution in [0.25, 0.3) is 0 Å². The fraction of sp³-hybridized carbons (Fsp3) is 0.368. The molecule has 0 fully saturated rings. The molecular formula is C19H21Cl2N3O5. The van der Waals surface area contributed by atoms with E-state index in [9.17, 15) is 14.7 Å². The number of nitrogens with zero attached hydrogens (tertiary/aromatic N) is 2. The van der Waals surface area contributed by atoms with Gasteiger partial charge in [0.2, 0.25) is 0 Å². The Labute approximate surface area is 178 Å². The molecule has 0 bridgehead atoms. The normalized spacial score (nSPS) is 13.9. The Morgan fingerprint density at radius 1 is 1.21 bits per heavy atom. The van der Waals surface area contributed by atoms with Gasteiger partial charge in [-0.1, -0.05) is 30.1 Å². The van der Waals surface area contributed by atoms with Crippen molar-refractivity contribution in [3.63, 3.8) is 0 Å². The fourth-order valence-electron chi connectivity index (χ4n) is 2.46. The standard InChI is InChI=1S/C19H21Cl2N3O5/c1-9(15-13(21)7-12(20)8-23-15)11(3)29-19(27)10(2)24-18(26)16-17(25)14(28-4)5-6-22-16/h5-11,25H,1-4H3,(H,24,26). The smallest absolute Gasteiger partial charge is 0.328 e. The topological polar surface area (TPSA) is 111 Å². The van der Waals surface area contributed by atoms with Gasteiger partial charge in [-0.3, -0.25) is 9.78 Å². The highest BCUT2D eigenvalue weighted by molar-refractivity contribution is 6.34. The Kier molecular flexibility index (Phi) is 7.64. The van der Waals surface area contributed by atoms with Crippen molar-refractivity contribution < 1.29 is 24.2 Å². The van der Waals surface area contributed by atoms with E-state index in [4.69, 9.17) is 32.7 Å². The van der Waals surface area contributed by atoms with Gasteiger partial charge in [0.25, 0.3) is 5.91 Å². The predicted octanol–water partition coefficient (Wildman–Crippen LogP) is 3.35. The zero-order valence-corrected chi connectivity index (χ0v) is 17.8. The maximum Gasteiger partial charge on any atom is 0.328 e. The first-order valence-electron chi connectivity index (χ1n) is 8.70. The summed E-state index contributed by atoms with van der Waals surface area (Å²) in [6.07, 6.45) is 2.20. The summed E-state index contributed by atoms with van der Waals surface area (Å²) >= 11 is 12.0. The molecule has 3 unspecified atom stereocenters. The third-order valence-electron chi connectivity index (χ3n) is 4.30. The van der Waals surface area contributed by atoms with Crippen LogP contribution < -0.4 is 10.1 Å². The van der Waals surface area contributed by atoms with Gasteiger partial charge in [-0.05, 0) is 19.9 Å². The minimum Gasteiger partial charge on any atom is -0.503 e. The average Bonchev–Trinajstić information content (AvgIpc) is 2.67. The zero-order valence-electron chi connectivity index (χ0n) is 16.3. The second-order valence-corrected chi connectivity index (χ2v) is 7.20. The lowest BCUT2D eigenvalue weighted by Gasteiger charge is -2.23. The number of nitrogens with one attached hydrogen (secondary N) is 1. The number of ether oxygens (including phenoxy) is 2. The minimum absolute atomic E-state index is 0.0927. The Bertz CT molecular complexity index is 909. The monoisotopic (exact) mass is 441 g/mol. The van der Waals surface area contributed by atoms with Gasteiger partial charge in [-0.25, -0.2) is 9.78 Å². The van der Waals surface area contributed by atoms with Gasteiger partial charge >= 0.3 is 5.97 Å². The molecule has 0 aromatic carbocycles. The van der Waals surface area contributed by atoms with Crippen molar-refractivity contribution >= 4 is 35.1 Å². The Morgan fingerprint density at radius 2 is 1.90 bits per heavy atom. The van der Waals surface area contributed by atoms with Crippen molar-refractivity contribution in [1.82, 2.24) is 15.3 Å². The highest BCUT2D eigenvalue weighted by Crippen LogP contribution is 2.29. The first-order chi connectivity index (χ1) is 13.6. The molecular weight excluding hydrogens is 421 g/mol. The van der Waals surface area contributed by atoms with Crippen LogP contribution in [0.2, 0.25) is 10.0 Å². The Hall–Kier alpha value is -2.58. The highest BCUT2D eigenvalue weighted by atomic mass is 35.5. The maximum atomic E-state index is 12.4. The summed E-state index contributed by atoms with van der Waals surface area (Å²) in [7, 11) is 1.35. The van der Waals surface area contributed by atoms with Gasteiger partial charge in [-0.2, -0.15) is 0 Å². The van der Waals surface area contributed by atoms with E-state index in [2.05, 4.69) is 15.3 Å². The second kappa shape index (κ2) is 9.76. The molecule has 0 aliphatic rings. The molecule has 2 heterocycles. The van der Waals surface area contributed by atoms with E-state index >= 15 is 0 Å². The molecule has 8 nitrogen and oxygen atoms in total. The number of methoxy groups -OCH3 is 1. The van der Waals surface area contributed by atoms with Crippen LogP contribution >= 0.6 is 23.2 Å². The molecule has 0 saturated carbocycles. The van der Waals surface area contributed by atoms with Crippen molar-refractivity contribution in [1.29, 1.82) is 0 Å². The quantitative estimate of drug-likeness (QED) is 0.633. The number of carbonyl (C=O) groups is 2. The number of esters is 1. The second-order valence-electron chi connectivity index (χ2n) is 6.36. The van der Waals surface area contributed by atoms with E-state index in [1.165, 1.54) is 32.5 Å². The molecule has 2 N–H and O–H groups in total. The summed E-state index contributed by atoms with van der Waals surface area (Å²) in [5.74, 6) is -2.04. The van der Waals surface area contributed by atoms with Crippen molar-refractivity contribution in [3.8, 4) is 11.5 Å². The number of rotatable bonds is 7. The van der Waals surface area contributed by atoms with Gasteiger partial charge in [0.05, 0.1) is 22.8 Å². The third kappa shape index (κ3) is 5.48. The number of amides is 1. The largest absolute Gasteiger partial charge is 0.503 e. The third-order valence-corrected chi connectivity index (χ3v) is 4.81. The van der Waals surface area contributed by atoms with E-state index in [1.54, 1.807) is 13.0 Å². The van der Waals surface area contributed by atoms with Gasteiger partial charge in [0, 0.05) is 24.4 Å². The summed E-state index contributed by atoms with van der Waals surface area (Å²) in [6.45, 7) is 4.96. The van der Waals surface area contributed by atoms with Crippen LogP contribution in [0.3, 0.4) is 0 Å². The molecule has 2 rings (SSSR count). The number of hydrogen-bond acceptors (Lipinski definition) is 7. The molecule has 2 aromatic rings. The van der Waals surface area contributed by atoms with Gasteiger partial charge in [0.1, 0.15) is 12.1 Å². The maximum absolute atomic E-state index is 12.4. The zero-order chi connectivity index (χ0) is 21.7. The van der Waals surface area contributed by atoms with Crippen molar-refractivity contribution in [2.24, 2.45) is 0 Å². The summed E-state index contributed by atoms with van der Waals surface area (Å²) < 4.78 is 10.4. The van der Waals surface area contributed by atoms with Gasteiger partial charge in [0.15, 0.2) is 17.2 Å². The summed E-state index contributed by atoms with van der Waals surface area (Å²) in [5.41, 5.74) is 0.279. The predicted molar refractivity (Wildman–Crippen MR) is 108 cm³/mol. The van der Waals surface area contributed by atoms with Gasteiger partial charge < -0.3 is 19.9 Å². The number of aromatic nitrogens is 2. The number of hydrogen-bond donors (Lipinski definition) is 2. The molecule has 2 aromatic heterocycles. The van der Waals surface area contributed by atoms with E-state index < -0.39 is 29.8 Å². The number of pyridine rings is 2. The van der Waals surface area contributed by atoms with Crippen LogP contribution in [0.5, 0.6) is 11.5 Å². The van der Waals surface area contributed by atoms with Crippen molar-refractivity contribution in [3.05, 3.63) is 46.0 Å². The van der Waals surface area contributed by atoms with Crippen LogP contribution in [0.4, 0.5) is 0 Å². The molecule has 3 atom stereocenters. The van der Waals surface area contributed by atoms with Crippen LogP contribution in [0.1, 0.15) is 42.9 Å². The van der Waals surface area contributed by atoms with E-state index in [0.717, 1.165) is 0 Å². The van der Waals surface area contributed by atoms with Gasteiger partial charge in [-0.15, -0.1) is 0 Å². The lowest BCUT2D eigenvalue weighted by Crippen LogP contribution is -2.41. The molecule has 0 saturated heterocycles. The molecule has 0 spiro atoms. The van der Waals surface area contributed by atoms with Crippen LogP contribution in [-0.4, -0.2) is 46.2 Å². The van der Waals surface area contributed by atoms with Crippen molar-refractivity contribution in [2.75, 3.05) is 7.11 Å². The lowest BCUT2D eigenvalue weighted by molar-refractivity contribution is -0.151. The van der Waals surface area contributed by atoms with Crippen LogP contribution in [0.15, 0.2) is 24.5 Å². The van der Waals surface area contributed by atoms with E-state index in [0.29, 0.717) is 15.7 Å². The molecule has 0 aliphatic carbocycles. The first kappa shape index (κ1) is 22.7. The summed E-state index contributed by atoms with van der Waals surface area (Å²) in [4.78, 5) is 32.7. The highest BCUT2D eigenvalue weighted by Gasteiger charge is 2.27. The molecule has 156 valence electrons. The van der Waals surface area contributed by atoms with E-state index in [1.807, 2.05) is 6.92 Å². The first-order valence-corrected chi connectivity index (χ1v) is 9.45. The molecule has 1 amide bonds. The van der Waals surface area contributed by atoms with Crippen LogP contribution in [-0.2, 0) is 9.53 Å². The van der Waals surface area contributed by atoms with Crippen molar-refractivity contribution in [2.45, 2.75) is 38.8 Å². The molecule has 0 aliphatic heterocycles.